The molecule has 1 heterocycles. The van der Waals surface area contributed by atoms with Crippen LogP contribution in [-0.2, 0) is 47.9 Å². The van der Waals surface area contributed by atoms with Crippen molar-refractivity contribution in [1.82, 2.24) is 42.1 Å². The number of carboxylic acids is 2. The van der Waals surface area contributed by atoms with Crippen molar-refractivity contribution in [3.8, 4) is 0 Å². The highest BCUT2D eigenvalue weighted by molar-refractivity contribution is 7.80. The summed E-state index contributed by atoms with van der Waals surface area (Å²) in [7, 11) is 0. The Morgan fingerprint density at radius 3 is 1.78 bits per heavy atom. The first-order chi connectivity index (χ1) is 29.9. The van der Waals surface area contributed by atoms with Crippen LogP contribution in [0.15, 0.2) is 4.99 Å². The Labute approximate surface area is 374 Å². The van der Waals surface area contributed by atoms with Gasteiger partial charge in [0.05, 0.1) is 18.8 Å². The van der Waals surface area contributed by atoms with Crippen LogP contribution in [0, 0.1) is 5.92 Å². The van der Waals surface area contributed by atoms with Crippen LogP contribution in [0.25, 0.3) is 0 Å². The molecule has 362 valence electrons. The van der Waals surface area contributed by atoms with E-state index in [-0.39, 0.29) is 44.1 Å². The monoisotopic (exact) mass is 932 g/mol. The number of aliphatic imine (C=N–C) groups is 1. The first-order valence-electron chi connectivity index (χ1n) is 20.4. The van der Waals surface area contributed by atoms with E-state index in [2.05, 4.69) is 54.8 Å². The molecule has 0 aromatic heterocycles. The molecule has 26 nitrogen and oxygen atoms in total. The van der Waals surface area contributed by atoms with Crippen LogP contribution in [0.2, 0.25) is 0 Å². The van der Waals surface area contributed by atoms with Gasteiger partial charge in [-0.05, 0) is 58.8 Å². The van der Waals surface area contributed by atoms with Gasteiger partial charge in [-0.1, -0.05) is 13.8 Å². The number of thiol groups is 1. The lowest BCUT2D eigenvalue weighted by Gasteiger charge is -2.30. The predicted molar refractivity (Wildman–Crippen MR) is 229 cm³/mol. The summed E-state index contributed by atoms with van der Waals surface area (Å²) in [6, 6.07) is -12.5. The molecule has 0 aromatic carbocycles. The third-order valence-electron chi connectivity index (χ3n) is 9.82. The second-order valence-corrected chi connectivity index (χ2v) is 15.8. The van der Waals surface area contributed by atoms with Gasteiger partial charge in [0, 0.05) is 25.3 Å². The molecule has 64 heavy (non-hydrogen) atoms. The number of aliphatic hydroxyl groups excluding tert-OH is 2. The molecule has 0 aliphatic carbocycles. The van der Waals surface area contributed by atoms with Crippen LogP contribution >= 0.6 is 12.6 Å². The van der Waals surface area contributed by atoms with E-state index in [9.17, 15) is 68.4 Å². The zero-order valence-electron chi connectivity index (χ0n) is 36.4. The number of amides is 8. The minimum absolute atomic E-state index is 0.0287. The normalized spacial score (nSPS) is 17.7. The van der Waals surface area contributed by atoms with E-state index in [0.29, 0.717) is 6.42 Å². The average molecular weight is 933 g/mol. The quantitative estimate of drug-likeness (QED) is 0.0158. The third-order valence-corrected chi connectivity index (χ3v) is 10.2. The smallest absolute Gasteiger partial charge is 0.326 e. The number of rotatable bonds is 27. The van der Waals surface area contributed by atoms with Crippen molar-refractivity contribution >= 4 is 77.8 Å². The number of hydrogen-bond acceptors (Lipinski definition) is 15. The van der Waals surface area contributed by atoms with E-state index < -0.39 is 145 Å². The molecule has 1 aliphatic rings. The van der Waals surface area contributed by atoms with Crippen LogP contribution in [0.4, 0.5) is 0 Å². The van der Waals surface area contributed by atoms with Crippen LogP contribution in [0.3, 0.4) is 0 Å². The molecule has 1 aliphatic heterocycles. The summed E-state index contributed by atoms with van der Waals surface area (Å²) >= 11 is 3.93. The van der Waals surface area contributed by atoms with Crippen molar-refractivity contribution < 1.29 is 68.4 Å². The average Bonchev–Trinajstić information content (AvgIpc) is 3.72. The molecule has 0 aromatic rings. The van der Waals surface area contributed by atoms with Gasteiger partial charge in [0.2, 0.25) is 47.3 Å². The summed E-state index contributed by atoms with van der Waals surface area (Å²) in [6.45, 7) is 6.12. The maximum Gasteiger partial charge on any atom is 0.326 e. The van der Waals surface area contributed by atoms with Crippen LogP contribution in [0.1, 0.15) is 73.1 Å². The standard InChI is InChI=1S/C37H64N12O14S/c1-16(2)26(33(59)45-22(36(62)63)8-6-12-41-37(39)40)47-29(55)18(4)42-28(54)17(3)43-31(57)21(10-11-25(52)53)44-34(60)27(19(5)51)48-32(58)24-9-7-13-49(24)35(61)23(14-50)46-30(56)20(38)15-64/h16-24,26-27,50-51,64H,6-15,38H2,1-5H3,(H,42,54)(H,43,57)(H,44,60)(H,45,59)(H,46,56)(H,47,55)(H,48,58)(H,52,53)(H,62,63)(H4,39,40,41)/t17-,18-,19+,20-,21-,22-,23-,24-,26-,27-/m0/s1. The van der Waals surface area contributed by atoms with Crippen molar-refractivity contribution in [3.63, 3.8) is 0 Å². The Bertz CT molecular complexity index is 1720. The largest absolute Gasteiger partial charge is 0.481 e. The van der Waals surface area contributed by atoms with Crippen molar-refractivity contribution in [3.05, 3.63) is 0 Å². The second kappa shape index (κ2) is 27.4. The Balaban J connectivity index is 3.03. The molecular weight excluding hydrogens is 869 g/mol. The van der Waals surface area contributed by atoms with E-state index in [4.69, 9.17) is 17.2 Å². The summed E-state index contributed by atoms with van der Waals surface area (Å²) < 4.78 is 0. The van der Waals surface area contributed by atoms with Crippen LogP contribution in [0.5, 0.6) is 0 Å². The Kier molecular flexibility index (Phi) is 24.1. The first-order valence-corrected chi connectivity index (χ1v) is 21.1. The third kappa shape index (κ3) is 18.5. The minimum Gasteiger partial charge on any atom is -0.481 e. The molecule has 17 N–H and O–H groups in total. The molecular formula is C37H64N12O14S. The van der Waals surface area contributed by atoms with Gasteiger partial charge in [0.25, 0.3) is 0 Å². The van der Waals surface area contributed by atoms with E-state index in [0.717, 1.165) is 11.8 Å². The van der Waals surface area contributed by atoms with Gasteiger partial charge >= 0.3 is 11.9 Å². The van der Waals surface area contributed by atoms with Gasteiger partial charge in [-0.2, -0.15) is 12.6 Å². The number of carboxylic acid groups (broad SMARTS) is 2. The Hall–Kier alpha value is -5.80. The van der Waals surface area contributed by atoms with E-state index >= 15 is 0 Å². The number of carbonyl (C=O) groups excluding carboxylic acids is 8. The molecule has 1 saturated heterocycles. The molecule has 0 saturated carbocycles. The number of carbonyl (C=O) groups is 10. The van der Waals surface area contributed by atoms with Crippen LogP contribution < -0.4 is 54.4 Å². The maximum atomic E-state index is 13.5. The number of aliphatic carboxylic acids is 2. The SMILES string of the molecule is CC(C)[C@H](NC(=O)[C@H](C)NC(=O)[C@H](C)NC(=O)[C@H](CCC(=O)O)NC(=O)[C@@H](NC(=O)[C@@H]1CCCN1C(=O)[C@H](CO)NC(=O)[C@@H](N)CS)[C@@H](C)O)C(=O)N[C@@H](CCCN=C(N)N)C(=O)O. The number of hydrogen-bond donors (Lipinski definition) is 15. The molecule has 0 spiro atoms. The van der Waals surface area contributed by atoms with E-state index in [1.807, 2.05) is 0 Å². The fourth-order valence-corrected chi connectivity index (χ4v) is 6.29. The van der Waals surface area contributed by atoms with Gasteiger partial charge < -0.3 is 79.7 Å². The second-order valence-electron chi connectivity index (χ2n) is 15.5. The van der Waals surface area contributed by atoms with Gasteiger partial charge in [0.1, 0.15) is 48.3 Å². The fraction of sp³-hybridized carbons (Fsp3) is 0.703. The van der Waals surface area contributed by atoms with Gasteiger partial charge in [-0.25, -0.2) is 4.79 Å². The van der Waals surface area contributed by atoms with Crippen molar-refractivity contribution in [2.24, 2.45) is 28.1 Å². The zero-order valence-corrected chi connectivity index (χ0v) is 37.3. The van der Waals surface area contributed by atoms with Gasteiger partial charge in [-0.3, -0.25) is 48.1 Å². The molecule has 1 rings (SSSR count). The molecule has 27 heteroatoms. The lowest BCUT2D eigenvalue weighted by atomic mass is 10.0. The highest BCUT2D eigenvalue weighted by Crippen LogP contribution is 2.19. The van der Waals surface area contributed by atoms with Crippen molar-refractivity contribution in [1.29, 1.82) is 0 Å². The lowest BCUT2D eigenvalue weighted by molar-refractivity contribution is -0.143. The Morgan fingerprint density at radius 1 is 0.719 bits per heavy atom. The summed E-state index contributed by atoms with van der Waals surface area (Å²) in [5.74, 6) is -10.8. The summed E-state index contributed by atoms with van der Waals surface area (Å²) in [4.78, 5) is 133. The topological polar surface area (TPSA) is 429 Å². The zero-order chi connectivity index (χ0) is 49.0. The molecule has 0 radical (unpaired) electrons. The lowest BCUT2D eigenvalue weighted by Crippen LogP contribution is -2.61. The number of guanidine groups is 1. The van der Waals surface area contributed by atoms with E-state index in [1.165, 1.54) is 13.8 Å². The minimum atomic E-state index is -1.75. The number of nitrogens with one attached hydrogen (secondary N) is 7. The highest BCUT2D eigenvalue weighted by Gasteiger charge is 2.40. The van der Waals surface area contributed by atoms with Crippen LogP contribution in [-0.4, -0.2) is 176 Å². The summed E-state index contributed by atoms with van der Waals surface area (Å²) in [5.41, 5.74) is 16.2. The van der Waals surface area contributed by atoms with Gasteiger partial charge in [-0.15, -0.1) is 0 Å². The number of likely N-dealkylation sites (tertiary alicyclic amines) is 1. The van der Waals surface area contributed by atoms with E-state index in [1.54, 1.807) is 13.8 Å². The van der Waals surface area contributed by atoms with Crippen molar-refractivity contribution in [2.45, 2.75) is 134 Å². The summed E-state index contributed by atoms with van der Waals surface area (Å²) in [6.07, 6.45) is -2.17. The van der Waals surface area contributed by atoms with Gasteiger partial charge in [0.15, 0.2) is 5.96 Å². The molecule has 10 atom stereocenters. The van der Waals surface area contributed by atoms with Crippen molar-refractivity contribution in [2.75, 3.05) is 25.4 Å². The Morgan fingerprint density at radius 2 is 1.27 bits per heavy atom. The maximum absolute atomic E-state index is 13.5. The number of nitrogens with zero attached hydrogens (tertiary/aromatic N) is 2. The molecule has 0 unspecified atom stereocenters. The predicted octanol–water partition coefficient (Wildman–Crippen LogP) is -6.30. The molecule has 1 fully saturated rings. The highest BCUT2D eigenvalue weighted by atomic mass is 32.1. The fourth-order valence-electron chi connectivity index (χ4n) is 6.12. The molecule has 8 amide bonds. The number of nitrogens with two attached hydrogens (primary N) is 3. The molecule has 0 bridgehead atoms. The summed E-state index contributed by atoms with van der Waals surface area (Å²) in [5, 5.41) is 55.7. The number of aliphatic hydroxyl groups is 2. The first kappa shape index (κ1) is 56.2.